The number of furan rings is 2. The second kappa shape index (κ2) is 11.8. The van der Waals surface area contributed by atoms with Crippen molar-refractivity contribution >= 4 is 87.5 Å². The summed E-state index contributed by atoms with van der Waals surface area (Å²) in [6, 6.07) is 69.2. The van der Waals surface area contributed by atoms with Crippen LogP contribution >= 0.6 is 0 Å². The van der Waals surface area contributed by atoms with Crippen molar-refractivity contribution in [1.29, 1.82) is 0 Å². The molecule has 0 aliphatic carbocycles. The van der Waals surface area contributed by atoms with Crippen LogP contribution in [0.5, 0.6) is 0 Å². The molecule has 0 fully saturated rings. The first-order valence-corrected chi connectivity index (χ1v) is 19.8. The van der Waals surface area contributed by atoms with Gasteiger partial charge in [-0.2, -0.15) is 0 Å². The van der Waals surface area contributed by atoms with Gasteiger partial charge in [-0.3, -0.25) is 0 Å². The minimum absolute atomic E-state index is 0.820. The number of hydrogen-bond acceptors (Lipinski definition) is 2. The number of rotatable bonds is 4. The van der Waals surface area contributed by atoms with Gasteiger partial charge < -0.3 is 18.0 Å². The molecule has 0 aliphatic heterocycles. The van der Waals surface area contributed by atoms with E-state index in [2.05, 4.69) is 203 Å². The summed E-state index contributed by atoms with van der Waals surface area (Å²) in [7, 11) is 0. The zero-order valence-corrected chi connectivity index (χ0v) is 31.2. The Balaban J connectivity index is 1.16. The lowest BCUT2D eigenvalue weighted by molar-refractivity contribution is 0.662. The first-order valence-electron chi connectivity index (χ1n) is 19.8. The summed E-state index contributed by atoms with van der Waals surface area (Å²) in [6.45, 7) is 0. The maximum absolute atomic E-state index is 7.31. The maximum Gasteiger partial charge on any atom is 0.159 e. The van der Waals surface area contributed by atoms with Crippen LogP contribution in [0.15, 0.2) is 203 Å². The van der Waals surface area contributed by atoms with Crippen LogP contribution in [0, 0.1) is 0 Å². The molecule has 0 spiro atoms. The van der Waals surface area contributed by atoms with Crippen molar-refractivity contribution in [3.63, 3.8) is 0 Å². The lowest BCUT2D eigenvalue weighted by Crippen LogP contribution is -1.94. The molecule has 0 N–H and O–H groups in total. The molecule has 4 heterocycles. The molecule has 58 heavy (non-hydrogen) atoms. The fourth-order valence-corrected chi connectivity index (χ4v) is 9.66. The number of nitrogens with zero attached hydrogens (tertiary/aromatic N) is 2. The molecule has 0 saturated carbocycles. The van der Waals surface area contributed by atoms with Gasteiger partial charge in [-0.05, 0) is 65.2 Å². The van der Waals surface area contributed by atoms with Crippen LogP contribution in [0.1, 0.15) is 0 Å². The quantitative estimate of drug-likeness (QED) is 0.180. The van der Waals surface area contributed by atoms with Crippen LogP contribution in [0.2, 0.25) is 0 Å². The van der Waals surface area contributed by atoms with Crippen LogP contribution in [-0.2, 0) is 0 Å². The number of hydrogen-bond donors (Lipinski definition) is 0. The van der Waals surface area contributed by atoms with Crippen molar-refractivity contribution in [2.45, 2.75) is 0 Å². The highest BCUT2D eigenvalue weighted by molar-refractivity contribution is 6.25. The monoisotopic (exact) mass is 740 g/mol. The second-order valence-corrected chi connectivity index (χ2v) is 15.2. The molecule has 0 bridgehead atoms. The lowest BCUT2D eigenvalue weighted by atomic mass is 9.94. The van der Waals surface area contributed by atoms with Crippen molar-refractivity contribution in [1.82, 2.24) is 9.13 Å². The average Bonchev–Trinajstić information content (AvgIpc) is 4.04. The van der Waals surface area contributed by atoms with E-state index < -0.39 is 0 Å². The number of benzene rings is 9. The summed E-state index contributed by atoms with van der Waals surface area (Å²) in [5, 5.41) is 9.00. The first kappa shape index (κ1) is 31.4. The predicted octanol–water partition coefficient (Wildman–Crippen LogP) is 15.0. The molecule has 0 saturated heterocycles. The zero-order chi connectivity index (χ0) is 37.9. The van der Waals surface area contributed by atoms with Crippen molar-refractivity contribution in [3.05, 3.63) is 194 Å². The van der Waals surface area contributed by atoms with Gasteiger partial charge in [-0.25, -0.2) is 0 Å². The molecular formula is C54H32N2O2. The third kappa shape index (κ3) is 4.29. The zero-order valence-electron chi connectivity index (χ0n) is 31.2. The van der Waals surface area contributed by atoms with Gasteiger partial charge in [0.25, 0.3) is 0 Å². The Hall–Kier alpha value is -7.82. The van der Waals surface area contributed by atoms with E-state index in [1.54, 1.807) is 0 Å². The fraction of sp³-hybridized carbons (Fsp3) is 0. The molecule has 4 heteroatoms. The molecule has 0 radical (unpaired) electrons. The van der Waals surface area contributed by atoms with Gasteiger partial charge in [0.15, 0.2) is 11.2 Å². The Kier molecular flexibility index (Phi) is 6.41. The molecule has 270 valence electrons. The van der Waals surface area contributed by atoms with Crippen molar-refractivity contribution in [3.8, 4) is 33.6 Å². The summed E-state index contributed by atoms with van der Waals surface area (Å²) in [5.41, 5.74) is 14.3. The Morgan fingerprint density at radius 3 is 1.33 bits per heavy atom. The van der Waals surface area contributed by atoms with Gasteiger partial charge in [-0.15, -0.1) is 0 Å². The van der Waals surface area contributed by atoms with Crippen molar-refractivity contribution in [2.75, 3.05) is 0 Å². The smallest absolute Gasteiger partial charge is 0.159 e. The highest BCUT2D eigenvalue weighted by atomic mass is 16.3. The van der Waals surface area contributed by atoms with Gasteiger partial charge in [0.2, 0.25) is 0 Å². The van der Waals surface area contributed by atoms with E-state index in [4.69, 9.17) is 8.83 Å². The highest BCUT2D eigenvalue weighted by Gasteiger charge is 2.25. The van der Waals surface area contributed by atoms with Crippen molar-refractivity contribution < 1.29 is 8.83 Å². The SMILES string of the molecule is c1ccc(-c2cccc(-c3c4oc5c(-n6c7ccccc7c7ccccc76)cccc5c4cc4oc5c(-n6c7ccccc7c7ccccc76)cccc5c34)c2)cc1. The van der Waals surface area contributed by atoms with E-state index in [1.165, 1.54) is 21.5 Å². The molecule has 4 nitrogen and oxygen atoms in total. The Bertz CT molecular complexity index is 3570. The summed E-state index contributed by atoms with van der Waals surface area (Å²) >= 11 is 0. The van der Waals surface area contributed by atoms with E-state index in [1.807, 2.05) is 0 Å². The predicted molar refractivity (Wildman–Crippen MR) is 241 cm³/mol. The summed E-state index contributed by atoms with van der Waals surface area (Å²) in [5.74, 6) is 0. The van der Waals surface area contributed by atoms with Gasteiger partial charge >= 0.3 is 0 Å². The van der Waals surface area contributed by atoms with Crippen LogP contribution in [-0.4, -0.2) is 9.13 Å². The van der Waals surface area contributed by atoms with Gasteiger partial charge in [0.05, 0.1) is 33.4 Å². The van der Waals surface area contributed by atoms with E-state index in [-0.39, 0.29) is 0 Å². The minimum Gasteiger partial charge on any atom is -0.454 e. The topological polar surface area (TPSA) is 36.1 Å². The molecule has 0 atom stereocenters. The third-order valence-electron chi connectivity index (χ3n) is 12.1. The standard InChI is InChI=1S/C54H32N2O2/c1-2-15-33(16-3-1)34-17-12-18-35(31-34)50-51-41-24-14-30-48(56-45-27-10-6-21-38(45)39-22-7-11-28-46(39)56)53(41)57-49(51)32-42-40-23-13-29-47(52(40)58-54(42)50)55-43-25-8-4-19-36(43)37-20-5-9-26-44(37)55/h1-32H. The summed E-state index contributed by atoms with van der Waals surface area (Å²) in [4.78, 5) is 0. The van der Waals surface area contributed by atoms with Gasteiger partial charge in [0.1, 0.15) is 11.2 Å². The maximum atomic E-state index is 7.31. The number of fused-ring (bicyclic) bond motifs is 12. The van der Waals surface area contributed by atoms with E-state index in [0.717, 1.165) is 99.6 Å². The Morgan fingerprint density at radius 2 is 0.741 bits per heavy atom. The van der Waals surface area contributed by atoms with E-state index >= 15 is 0 Å². The van der Waals surface area contributed by atoms with Crippen LogP contribution in [0.3, 0.4) is 0 Å². The number of aromatic nitrogens is 2. The first-order chi connectivity index (χ1) is 28.8. The summed E-state index contributed by atoms with van der Waals surface area (Å²) < 4.78 is 19.2. The molecule has 13 rings (SSSR count). The molecular weight excluding hydrogens is 709 g/mol. The minimum atomic E-state index is 0.820. The summed E-state index contributed by atoms with van der Waals surface area (Å²) in [6.07, 6.45) is 0. The van der Waals surface area contributed by atoms with E-state index in [0.29, 0.717) is 0 Å². The Labute approximate surface area is 332 Å². The molecule has 9 aromatic carbocycles. The fourth-order valence-electron chi connectivity index (χ4n) is 9.66. The van der Waals surface area contributed by atoms with E-state index in [9.17, 15) is 0 Å². The highest BCUT2D eigenvalue weighted by Crippen LogP contribution is 2.48. The van der Waals surface area contributed by atoms with Crippen LogP contribution in [0.4, 0.5) is 0 Å². The molecule has 4 aromatic heterocycles. The third-order valence-corrected chi connectivity index (χ3v) is 12.1. The largest absolute Gasteiger partial charge is 0.454 e. The van der Waals surface area contributed by atoms with Crippen LogP contribution in [0.25, 0.3) is 121 Å². The van der Waals surface area contributed by atoms with Gasteiger partial charge in [0, 0.05) is 48.7 Å². The van der Waals surface area contributed by atoms with Gasteiger partial charge in [-0.1, -0.05) is 146 Å². The lowest BCUT2D eigenvalue weighted by Gasteiger charge is -2.10. The average molecular weight is 741 g/mol. The number of para-hydroxylation sites is 6. The van der Waals surface area contributed by atoms with Crippen molar-refractivity contribution in [2.24, 2.45) is 0 Å². The normalized spacial score (nSPS) is 12.1. The Morgan fingerprint density at radius 1 is 0.293 bits per heavy atom. The van der Waals surface area contributed by atoms with Crippen LogP contribution < -0.4 is 0 Å². The molecule has 0 amide bonds. The molecule has 0 aliphatic rings. The molecule has 13 aromatic rings. The second-order valence-electron chi connectivity index (χ2n) is 15.2. The molecule has 0 unspecified atom stereocenters.